The van der Waals surface area contributed by atoms with E-state index in [9.17, 15) is 9.59 Å². The van der Waals surface area contributed by atoms with E-state index in [1.54, 1.807) is 0 Å². The van der Waals surface area contributed by atoms with Crippen molar-refractivity contribution in [3.63, 3.8) is 0 Å². The first-order valence-electron chi connectivity index (χ1n) is 7.21. The van der Waals surface area contributed by atoms with E-state index < -0.39 is 12.1 Å². The number of hydrogen-bond acceptors (Lipinski definition) is 7. The molecule has 1 saturated heterocycles. The molecule has 1 atom stereocenters. The van der Waals surface area contributed by atoms with Gasteiger partial charge in [0.2, 0.25) is 0 Å². The molecule has 0 aromatic carbocycles. The minimum Gasteiger partial charge on any atom is -0.459 e. The summed E-state index contributed by atoms with van der Waals surface area (Å²) in [5.74, 6) is -0.181. The van der Waals surface area contributed by atoms with Crippen LogP contribution in [0.2, 0.25) is 0 Å². The highest BCUT2D eigenvalue weighted by Gasteiger charge is 2.27. The molecule has 7 heteroatoms. The second kappa shape index (κ2) is 7.91. The van der Waals surface area contributed by atoms with Gasteiger partial charge in [-0.1, -0.05) is 27.7 Å². The zero-order valence-electron chi connectivity index (χ0n) is 13.8. The van der Waals surface area contributed by atoms with E-state index in [-0.39, 0.29) is 36.1 Å². The minimum absolute atomic E-state index is 0.0594. The summed E-state index contributed by atoms with van der Waals surface area (Å²) in [7, 11) is 0. The first kappa shape index (κ1) is 18.1. The fraction of sp³-hybridized carbons (Fsp3) is 0.733. The fourth-order valence-electron chi connectivity index (χ4n) is 1.95. The topological polar surface area (TPSA) is 86.9 Å². The zero-order valence-corrected chi connectivity index (χ0v) is 13.8. The van der Waals surface area contributed by atoms with Crippen LogP contribution in [-0.4, -0.2) is 31.9 Å². The van der Waals surface area contributed by atoms with E-state index in [0.717, 1.165) is 6.42 Å². The molecule has 1 rings (SSSR count). The molecule has 1 aliphatic heterocycles. The maximum absolute atomic E-state index is 11.4. The van der Waals surface area contributed by atoms with Gasteiger partial charge in [-0.25, -0.2) is 19.4 Å². The van der Waals surface area contributed by atoms with Crippen LogP contribution >= 0.6 is 0 Å². The van der Waals surface area contributed by atoms with Crippen LogP contribution in [-0.2, 0) is 28.8 Å². The third-order valence-corrected chi connectivity index (χ3v) is 2.76. The molecule has 1 unspecified atom stereocenters. The predicted octanol–water partition coefficient (Wildman–Crippen LogP) is 2.95. The molecule has 0 saturated carbocycles. The third kappa shape index (κ3) is 7.75. The van der Waals surface area contributed by atoms with Gasteiger partial charge < -0.3 is 14.2 Å². The molecule has 126 valence electrons. The van der Waals surface area contributed by atoms with E-state index in [4.69, 9.17) is 14.2 Å². The van der Waals surface area contributed by atoms with Crippen molar-refractivity contribution in [1.82, 2.24) is 0 Å². The number of carbonyl (C=O) groups excluding carboxylic acids is 2. The molecule has 1 fully saturated rings. The van der Waals surface area contributed by atoms with Gasteiger partial charge in [-0.2, -0.15) is 0 Å². The molecule has 0 amide bonds. The van der Waals surface area contributed by atoms with Gasteiger partial charge >= 0.3 is 18.1 Å². The Labute approximate surface area is 130 Å². The highest BCUT2D eigenvalue weighted by atomic mass is 17.4. The number of hydrogen-bond donors (Lipinski definition) is 0. The van der Waals surface area contributed by atoms with E-state index in [1.165, 1.54) is 6.92 Å². The van der Waals surface area contributed by atoms with E-state index in [1.807, 2.05) is 6.92 Å². The molecule has 0 radical (unpaired) electrons. The van der Waals surface area contributed by atoms with Crippen molar-refractivity contribution in [3.05, 3.63) is 11.5 Å². The van der Waals surface area contributed by atoms with E-state index in [0.29, 0.717) is 6.61 Å². The first-order chi connectivity index (χ1) is 10.2. The van der Waals surface area contributed by atoms with Crippen molar-refractivity contribution >= 4 is 12.1 Å². The summed E-state index contributed by atoms with van der Waals surface area (Å²) in [5, 5.41) is 0. The number of carbonyl (C=O) groups is 2. The Morgan fingerprint density at radius 2 is 1.68 bits per heavy atom. The summed E-state index contributed by atoms with van der Waals surface area (Å²) < 4.78 is 14.7. The van der Waals surface area contributed by atoms with Gasteiger partial charge in [0, 0.05) is 0 Å². The molecule has 7 nitrogen and oxygen atoms in total. The molecule has 0 bridgehead atoms. The Balaban J connectivity index is 2.08. The van der Waals surface area contributed by atoms with Crippen LogP contribution in [0.25, 0.3) is 0 Å². The van der Waals surface area contributed by atoms with Gasteiger partial charge in [-0.15, -0.1) is 0 Å². The quantitative estimate of drug-likeness (QED) is 0.234. The molecular formula is C15H24O7. The fourth-order valence-corrected chi connectivity index (χ4v) is 1.95. The second-order valence-corrected chi connectivity index (χ2v) is 6.49. The lowest BCUT2D eigenvalue weighted by atomic mass is 9.86. The maximum atomic E-state index is 11.4. The largest absolute Gasteiger partial charge is 0.508 e. The van der Waals surface area contributed by atoms with Gasteiger partial charge in [0.05, 0.1) is 6.61 Å². The Bertz CT molecular complexity index is 428. The number of esters is 1. The highest BCUT2D eigenvalue weighted by Crippen LogP contribution is 2.24. The third-order valence-electron chi connectivity index (χ3n) is 2.76. The van der Waals surface area contributed by atoms with Crippen molar-refractivity contribution in [3.8, 4) is 0 Å². The standard InChI is InChI=1S/C15H24O7/c1-10(8-15(3,4)5)9-20-14(17)19-7-6-18-12(16)11(2)13-21-22-13/h10H,6-9H2,1-5H3. The summed E-state index contributed by atoms with van der Waals surface area (Å²) in [6, 6.07) is 0. The molecule has 1 aliphatic rings. The van der Waals surface area contributed by atoms with Crippen LogP contribution in [0.3, 0.4) is 0 Å². The van der Waals surface area contributed by atoms with Gasteiger partial charge in [-0.3, -0.25) is 0 Å². The van der Waals surface area contributed by atoms with Crippen LogP contribution in [0.15, 0.2) is 11.5 Å². The molecule has 0 aliphatic carbocycles. The molecule has 0 aromatic heterocycles. The van der Waals surface area contributed by atoms with Crippen molar-refractivity contribution in [2.24, 2.45) is 11.3 Å². The normalized spacial score (nSPS) is 14.3. The monoisotopic (exact) mass is 316 g/mol. The first-order valence-corrected chi connectivity index (χ1v) is 7.21. The van der Waals surface area contributed by atoms with Crippen LogP contribution in [0.4, 0.5) is 4.79 Å². The van der Waals surface area contributed by atoms with E-state index >= 15 is 0 Å². The van der Waals surface area contributed by atoms with Crippen LogP contribution in [0.5, 0.6) is 0 Å². The Hall–Kier alpha value is -1.92. The van der Waals surface area contributed by atoms with Gasteiger partial charge in [0.25, 0.3) is 0 Å². The average Bonchev–Trinajstić information content (AvgIpc) is 3.22. The summed E-state index contributed by atoms with van der Waals surface area (Å²) in [4.78, 5) is 31.6. The Kier molecular flexibility index (Phi) is 6.52. The Morgan fingerprint density at radius 3 is 2.23 bits per heavy atom. The van der Waals surface area contributed by atoms with Crippen molar-refractivity contribution in [1.29, 1.82) is 0 Å². The molecular weight excluding hydrogens is 292 g/mol. The number of ether oxygens (including phenoxy) is 3. The highest BCUT2D eigenvalue weighted by molar-refractivity contribution is 5.88. The van der Waals surface area contributed by atoms with Crippen LogP contribution in [0.1, 0.15) is 41.0 Å². The summed E-state index contributed by atoms with van der Waals surface area (Å²) >= 11 is 0. The van der Waals surface area contributed by atoms with Gasteiger partial charge in [0.15, 0.2) is 0 Å². The SMILES string of the molecule is CC(C(=O)OCCOC(=O)OCC(C)CC(C)(C)C)=C1OO1. The Morgan fingerprint density at radius 1 is 1.09 bits per heavy atom. The average molecular weight is 316 g/mol. The van der Waals surface area contributed by atoms with Crippen molar-refractivity contribution in [2.45, 2.75) is 41.0 Å². The van der Waals surface area contributed by atoms with Crippen molar-refractivity contribution < 1.29 is 33.6 Å². The van der Waals surface area contributed by atoms with Crippen molar-refractivity contribution in [2.75, 3.05) is 19.8 Å². The number of rotatable bonds is 7. The van der Waals surface area contributed by atoms with Gasteiger partial charge in [-0.05, 0) is 24.7 Å². The second-order valence-electron chi connectivity index (χ2n) is 6.49. The minimum atomic E-state index is -0.763. The lowest BCUT2D eigenvalue weighted by Gasteiger charge is -2.22. The lowest BCUT2D eigenvalue weighted by molar-refractivity contribution is -0.140. The predicted molar refractivity (Wildman–Crippen MR) is 76.4 cm³/mol. The molecule has 1 heterocycles. The molecule has 0 aromatic rings. The maximum Gasteiger partial charge on any atom is 0.508 e. The summed E-state index contributed by atoms with van der Waals surface area (Å²) in [6.07, 6.45) is 0.177. The summed E-state index contributed by atoms with van der Waals surface area (Å²) in [6.45, 7) is 10.1. The van der Waals surface area contributed by atoms with Gasteiger partial charge in [0.1, 0.15) is 18.8 Å². The smallest absolute Gasteiger partial charge is 0.459 e. The molecule has 0 N–H and O–H groups in total. The van der Waals surface area contributed by atoms with Crippen LogP contribution < -0.4 is 0 Å². The van der Waals surface area contributed by atoms with E-state index in [2.05, 4.69) is 30.5 Å². The lowest BCUT2D eigenvalue weighted by Crippen LogP contribution is -2.19. The van der Waals surface area contributed by atoms with Crippen LogP contribution in [0, 0.1) is 11.3 Å². The summed E-state index contributed by atoms with van der Waals surface area (Å²) in [5.41, 5.74) is 0.418. The molecule has 0 spiro atoms. The zero-order chi connectivity index (χ0) is 16.8. The molecule has 22 heavy (non-hydrogen) atoms.